The standard InChI is InChI=1S/C15H11Cl2N3O2.2ClH/c1-22-14-3-2-8-10(15(14)21)5-19-20-13(8)4-9-11(16)6-18-7-12(9)17;;/h2-3,5-7,21H,4H2,1H3;2*1H. The lowest BCUT2D eigenvalue weighted by Gasteiger charge is -2.10. The molecule has 0 aliphatic heterocycles. The van der Waals surface area contributed by atoms with Crippen molar-refractivity contribution in [3.63, 3.8) is 0 Å². The van der Waals surface area contributed by atoms with Crippen LogP contribution < -0.4 is 4.74 Å². The molecule has 0 fully saturated rings. The van der Waals surface area contributed by atoms with Gasteiger partial charge in [-0.1, -0.05) is 23.2 Å². The summed E-state index contributed by atoms with van der Waals surface area (Å²) in [4.78, 5) is 3.93. The van der Waals surface area contributed by atoms with Crippen molar-refractivity contribution in [2.45, 2.75) is 6.42 Å². The molecular formula is C15H13Cl4N3O2. The van der Waals surface area contributed by atoms with E-state index in [0.717, 1.165) is 10.9 Å². The van der Waals surface area contributed by atoms with Gasteiger partial charge in [0.25, 0.3) is 0 Å². The lowest BCUT2D eigenvalue weighted by molar-refractivity contribution is 0.376. The number of ether oxygens (including phenoxy) is 1. The van der Waals surface area contributed by atoms with Crippen LogP contribution in [-0.4, -0.2) is 27.4 Å². The van der Waals surface area contributed by atoms with E-state index in [1.54, 1.807) is 6.07 Å². The average Bonchev–Trinajstić information content (AvgIpc) is 2.52. The maximum absolute atomic E-state index is 10.2. The fourth-order valence-electron chi connectivity index (χ4n) is 2.25. The first kappa shape index (κ1) is 20.5. The molecule has 3 aromatic rings. The number of aromatic hydroxyl groups is 1. The maximum atomic E-state index is 10.2. The molecule has 1 aromatic carbocycles. The van der Waals surface area contributed by atoms with Gasteiger partial charge < -0.3 is 9.84 Å². The van der Waals surface area contributed by atoms with Gasteiger partial charge in [0.1, 0.15) is 0 Å². The zero-order valence-corrected chi connectivity index (χ0v) is 15.5. The predicted octanol–water partition coefficient (Wildman–Crippen LogP) is 4.48. The van der Waals surface area contributed by atoms with Gasteiger partial charge in [-0.3, -0.25) is 4.98 Å². The first-order valence-electron chi connectivity index (χ1n) is 6.40. The summed E-state index contributed by atoms with van der Waals surface area (Å²) in [5.74, 6) is 0.412. The number of phenols is 1. The number of phenolic OH excluding ortho intramolecular Hbond substituents is 1. The Hall–Kier alpha value is -1.53. The summed E-state index contributed by atoms with van der Waals surface area (Å²) >= 11 is 12.3. The van der Waals surface area contributed by atoms with E-state index in [9.17, 15) is 5.11 Å². The topological polar surface area (TPSA) is 68.1 Å². The number of halogens is 4. The van der Waals surface area contributed by atoms with Crippen LogP contribution >= 0.6 is 48.0 Å². The summed E-state index contributed by atoms with van der Waals surface area (Å²) < 4.78 is 5.10. The number of pyridine rings is 1. The lowest BCUT2D eigenvalue weighted by atomic mass is 10.0. The molecule has 5 nitrogen and oxygen atoms in total. The van der Waals surface area contributed by atoms with Gasteiger partial charge in [-0.25, -0.2) is 0 Å². The molecule has 0 unspecified atom stereocenters. The molecule has 0 saturated heterocycles. The summed E-state index contributed by atoms with van der Waals surface area (Å²) in [5.41, 5.74) is 1.38. The highest BCUT2D eigenvalue weighted by Crippen LogP contribution is 2.35. The largest absolute Gasteiger partial charge is 0.504 e. The highest BCUT2D eigenvalue weighted by atomic mass is 35.5. The van der Waals surface area contributed by atoms with E-state index in [0.29, 0.717) is 33.3 Å². The number of nitrogens with zero attached hydrogens (tertiary/aromatic N) is 3. The molecule has 1 N–H and O–H groups in total. The smallest absolute Gasteiger partial charge is 0.167 e. The Morgan fingerprint density at radius 3 is 2.33 bits per heavy atom. The Labute approximate surface area is 160 Å². The second kappa shape index (κ2) is 8.53. The Balaban J connectivity index is 0.00000144. The monoisotopic (exact) mass is 407 g/mol. The van der Waals surface area contributed by atoms with E-state index in [1.807, 2.05) is 6.07 Å². The SMILES string of the molecule is COc1ccc2c(Cc3c(Cl)cncc3Cl)nncc2c1O.Cl.Cl. The quantitative estimate of drug-likeness (QED) is 0.691. The van der Waals surface area contributed by atoms with Crippen molar-refractivity contribution in [1.82, 2.24) is 15.2 Å². The van der Waals surface area contributed by atoms with Crippen LogP contribution in [0.5, 0.6) is 11.5 Å². The third-order valence-electron chi connectivity index (χ3n) is 3.37. The molecular weight excluding hydrogens is 396 g/mol. The highest BCUT2D eigenvalue weighted by Gasteiger charge is 2.14. The first-order valence-corrected chi connectivity index (χ1v) is 7.15. The van der Waals surface area contributed by atoms with Crippen LogP contribution in [0.1, 0.15) is 11.3 Å². The van der Waals surface area contributed by atoms with Gasteiger partial charge >= 0.3 is 0 Å². The Morgan fingerprint density at radius 1 is 1.04 bits per heavy atom. The second-order valence-electron chi connectivity index (χ2n) is 4.63. The molecule has 0 spiro atoms. The molecule has 2 heterocycles. The van der Waals surface area contributed by atoms with Crippen molar-refractivity contribution in [3.05, 3.63) is 52.0 Å². The number of rotatable bonds is 3. The molecule has 0 atom stereocenters. The number of methoxy groups -OCH3 is 1. The third kappa shape index (κ3) is 3.75. The molecule has 0 saturated carbocycles. The first-order chi connectivity index (χ1) is 10.6. The van der Waals surface area contributed by atoms with E-state index in [1.165, 1.54) is 25.7 Å². The van der Waals surface area contributed by atoms with Crippen molar-refractivity contribution in [2.24, 2.45) is 0 Å². The minimum atomic E-state index is 0. The van der Waals surface area contributed by atoms with Crippen LogP contribution in [0.4, 0.5) is 0 Å². The Morgan fingerprint density at radius 2 is 1.71 bits per heavy atom. The van der Waals surface area contributed by atoms with Crippen molar-refractivity contribution in [2.75, 3.05) is 7.11 Å². The van der Waals surface area contributed by atoms with Crippen LogP contribution in [0, 0.1) is 0 Å². The van der Waals surface area contributed by atoms with Crippen LogP contribution in [-0.2, 0) is 6.42 Å². The molecule has 0 aliphatic carbocycles. The fourth-order valence-corrected chi connectivity index (χ4v) is 2.75. The minimum Gasteiger partial charge on any atom is -0.504 e. The minimum absolute atomic E-state index is 0. The third-order valence-corrected chi connectivity index (χ3v) is 4.02. The zero-order valence-electron chi connectivity index (χ0n) is 12.4. The van der Waals surface area contributed by atoms with Gasteiger partial charge in [0.2, 0.25) is 0 Å². The molecule has 2 aromatic heterocycles. The van der Waals surface area contributed by atoms with E-state index >= 15 is 0 Å². The molecule has 128 valence electrons. The molecule has 24 heavy (non-hydrogen) atoms. The van der Waals surface area contributed by atoms with Crippen molar-refractivity contribution in [1.29, 1.82) is 0 Å². The van der Waals surface area contributed by atoms with Gasteiger partial charge in [-0.05, 0) is 17.7 Å². The van der Waals surface area contributed by atoms with Crippen LogP contribution in [0.15, 0.2) is 30.7 Å². The van der Waals surface area contributed by atoms with Crippen molar-refractivity contribution < 1.29 is 9.84 Å². The molecule has 9 heteroatoms. The van der Waals surface area contributed by atoms with Crippen molar-refractivity contribution >= 4 is 58.8 Å². The van der Waals surface area contributed by atoms with Gasteiger partial charge in [0.05, 0.1) is 29.0 Å². The van der Waals surface area contributed by atoms with Gasteiger partial charge in [0.15, 0.2) is 11.5 Å². The fraction of sp³-hybridized carbons (Fsp3) is 0.133. The molecule has 0 radical (unpaired) electrons. The summed E-state index contributed by atoms with van der Waals surface area (Å²) in [6, 6.07) is 3.50. The Kier molecular flexibility index (Phi) is 7.29. The summed E-state index contributed by atoms with van der Waals surface area (Å²) in [6.07, 6.45) is 4.94. The summed E-state index contributed by atoms with van der Waals surface area (Å²) in [5, 5.41) is 20.5. The zero-order chi connectivity index (χ0) is 15.7. The number of aromatic nitrogens is 3. The second-order valence-corrected chi connectivity index (χ2v) is 5.44. The summed E-state index contributed by atoms with van der Waals surface area (Å²) in [7, 11) is 1.49. The molecule has 0 amide bonds. The van der Waals surface area contributed by atoms with Crippen LogP contribution in [0.25, 0.3) is 10.8 Å². The number of benzene rings is 1. The van der Waals surface area contributed by atoms with Crippen molar-refractivity contribution in [3.8, 4) is 11.5 Å². The normalized spacial score (nSPS) is 9.96. The number of hydrogen-bond donors (Lipinski definition) is 1. The van der Waals surface area contributed by atoms with E-state index in [2.05, 4.69) is 15.2 Å². The maximum Gasteiger partial charge on any atom is 0.167 e. The number of hydrogen-bond acceptors (Lipinski definition) is 5. The molecule has 0 bridgehead atoms. The average molecular weight is 409 g/mol. The summed E-state index contributed by atoms with van der Waals surface area (Å²) in [6.45, 7) is 0. The lowest BCUT2D eigenvalue weighted by Crippen LogP contribution is -1.99. The number of fused-ring (bicyclic) bond motifs is 1. The Bertz CT molecular complexity index is 841. The van der Waals surface area contributed by atoms with Gasteiger partial charge in [0, 0.05) is 29.6 Å². The highest BCUT2D eigenvalue weighted by molar-refractivity contribution is 6.35. The van der Waals surface area contributed by atoms with Crippen LogP contribution in [0.2, 0.25) is 10.0 Å². The molecule has 3 rings (SSSR count). The van der Waals surface area contributed by atoms with E-state index in [-0.39, 0.29) is 30.6 Å². The van der Waals surface area contributed by atoms with E-state index in [4.69, 9.17) is 27.9 Å². The van der Waals surface area contributed by atoms with Crippen LogP contribution in [0.3, 0.4) is 0 Å². The molecule has 0 aliphatic rings. The predicted molar refractivity (Wildman–Crippen MR) is 99.3 cm³/mol. The van der Waals surface area contributed by atoms with Gasteiger partial charge in [-0.15, -0.1) is 24.8 Å². The van der Waals surface area contributed by atoms with Gasteiger partial charge in [-0.2, -0.15) is 10.2 Å². The van der Waals surface area contributed by atoms with E-state index < -0.39 is 0 Å².